The number of nitrogens with one attached hydrogen (secondary N) is 1. The predicted octanol–water partition coefficient (Wildman–Crippen LogP) is -0.366. The van der Waals surface area contributed by atoms with Gasteiger partial charge in [-0.3, -0.25) is 19.1 Å². The van der Waals surface area contributed by atoms with E-state index in [0.717, 1.165) is 0 Å². The van der Waals surface area contributed by atoms with Crippen molar-refractivity contribution in [1.29, 1.82) is 0 Å². The number of nitrogens with zero attached hydrogens (tertiary/aromatic N) is 1. The van der Waals surface area contributed by atoms with Crippen LogP contribution in [-0.2, 0) is 9.53 Å². The SMILES string of the molecule is CC(C)(C)C(=O)O.NCC#Cc1cn(C2CCC(CO)O2)c(=O)[nH]c1=O. The summed E-state index contributed by atoms with van der Waals surface area (Å²) in [6.07, 6.45) is 1.87. The first-order valence-corrected chi connectivity index (χ1v) is 8.14. The molecule has 0 saturated carbocycles. The minimum absolute atomic E-state index is 0.0888. The molecule has 2 unspecified atom stereocenters. The molecule has 1 aromatic rings. The van der Waals surface area contributed by atoms with Crippen LogP contribution in [0.5, 0.6) is 0 Å². The Balaban J connectivity index is 0.000000412. The third-order valence-corrected chi connectivity index (χ3v) is 3.53. The smallest absolute Gasteiger partial charge is 0.330 e. The molecule has 144 valence electrons. The topological polar surface area (TPSA) is 148 Å². The molecule has 2 atom stereocenters. The molecule has 1 saturated heterocycles. The lowest BCUT2D eigenvalue weighted by Gasteiger charge is -2.14. The van der Waals surface area contributed by atoms with Gasteiger partial charge in [-0.15, -0.1) is 0 Å². The predicted molar refractivity (Wildman–Crippen MR) is 94.6 cm³/mol. The second kappa shape index (κ2) is 9.33. The Morgan fingerprint density at radius 2 is 2.04 bits per heavy atom. The number of nitrogens with two attached hydrogens (primary N) is 1. The molecular formula is C17H25N3O6. The van der Waals surface area contributed by atoms with Gasteiger partial charge in [0.2, 0.25) is 0 Å². The van der Waals surface area contributed by atoms with Gasteiger partial charge in [0.1, 0.15) is 11.8 Å². The average Bonchev–Trinajstić information content (AvgIpc) is 3.02. The van der Waals surface area contributed by atoms with Crippen LogP contribution in [0.15, 0.2) is 15.8 Å². The van der Waals surface area contributed by atoms with Gasteiger partial charge in [-0.2, -0.15) is 0 Å². The van der Waals surface area contributed by atoms with E-state index >= 15 is 0 Å². The summed E-state index contributed by atoms with van der Waals surface area (Å²) in [5.41, 5.74) is 3.74. The first kappa shape index (κ1) is 21.6. The van der Waals surface area contributed by atoms with E-state index in [-0.39, 0.29) is 24.8 Å². The van der Waals surface area contributed by atoms with Crippen molar-refractivity contribution in [3.05, 3.63) is 32.6 Å². The Labute approximate surface area is 150 Å². The fourth-order valence-electron chi connectivity index (χ4n) is 1.96. The lowest BCUT2D eigenvalue weighted by atomic mass is 9.98. The zero-order valence-electron chi connectivity index (χ0n) is 15.1. The number of rotatable bonds is 2. The van der Waals surface area contributed by atoms with Crippen molar-refractivity contribution in [2.24, 2.45) is 11.1 Å². The van der Waals surface area contributed by atoms with Crippen molar-refractivity contribution in [3.63, 3.8) is 0 Å². The van der Waals surface area contributed by atoms with Crippen molar-refractivity contribution in [2.75, 3.05) is 13.2 Å². The molecule has 0 spiro atoms. The van der Waals surface area contributed by atoms with Crippen LogP contribution in [0.4, 0.5) is 0 Å². The summed E-state index contributed by atoms with van der Waals surface area (Å²) in [5, 5.41) is 17.3. The molecule has 0 bridgehead atoms. The molecular weight excluding hydrogens is 342 g/mol. The fourth-order valence-corrected chi connectivity index (χ4v) is 1.96. The van der Waals surface area contributed by atoms with Crippen LogP contribution in [0.2, 0.25) is 0 Å². The molecule has 0 radical (unpaired) electrons. The van der Waals surface area contributed by atoms with Crippen LogP contribution in [0, 0.1) is 17.3 Å². The third-order valence-electron chi connectivity index (χ3n) is 3.53. The summed E-state index contributed by atoms with van der Waals surface area (Å²) in [4.78, 5) is 35.5. The van der Waals surface area contributed by atoms with Crippen LogP contribution in [0.25, 0.3) is 0 Å². The van der Waals surface area contributed by atoms with E-state index in [1.165, 1.54) is 10.8 Å². The average molecular weight is 367 g/mol. The normalized spacial score (nSPS) is 19.1. The van der Waals surface area contributed by atoms with E-state index < -0.39 is 28.9 Å². The van der Waals surface area contributed by atoms with E-state index in [4.69, 9.17) is 20.7 Å². The number of aliphatic hydroxyl groups excluding tert-OH is 1. The molecule has 0 aliphatic carbocycles. The van der Waals surface area contributed by atoms with Crippen LogP contribution in [0.1, 0.15) is 45.4 Å². The summed E-state index contributed by atoms with van der Waals surface area (Å²) >= 11 is 0. The first-order chi connectivity index (χ1) is 12.1. The molecule has 1 fully saturated rings. The van der Waals surface area contributed by atoms with Crippen molar-refractivity contribution in [3.8, 4) is 11.8 Å². The number of carboxylic acid groups (broad SMARTS) is 1. The number of H-pyrrole nitrogens is 1. The van der Waals surface area contributed by atoms with Crippen molar-refractivity contribution < 1.29 is 19.7 Å². The van der Waals surface area contributed by atoms with E-state index in [1.807, 2.05) is 0 Å². The molecule has 5 N–H and O–H groups in total. The quantitative estimate of drug-likeness (QED) is 0.521. The number of carboxylic acids is 1. The summed E-state index contributed by atoms with van der Waals surface area (Å²) in [7, 11) is 0. The minimum Gasteiger partial charge on any atom is -0.481 e. The van der Waals surface area contributed by atoms with E-state index in [9.17, 15) is 14.4 Å². The summed E-state index contributed by atoms with van der Waals surface area (Å²) in [6, 6.07) is 0. The standard InChI is InChI=1S/C12H15N3O4.C5H10O2/c13-5-1-2-8-6-15(12(18)14-11(8)17)10-4-3-9(7-16)19-10;1-5(2,3)4(6)7/h6,9-10,16H,3-5,7,13H2,(H,14,17,18);1-3H3,(H,6,7). The van der Waals surface area contributed by atoms with Gasteiger partial charge in [0.15, 0.2) is 0 Å². The Hall–Kier alpha value is -2.41. The summed E-state index contributed by atoms with van der Waals surface area (Å²) in [5.74, 6) is 4.41. The maximum Gasteiger partial charge on any atom is 0.330 e. The van der Waals surface area contributed by atoms with Crippen LogP contribution in [0.3, 0.4) is 0 Å². The Morgan fingerprint density at radius 1 is 1.42 bits per heavy atom. The molecule has 1 aromatic heterocycles. The van der Waals surface area contributed by atoms with Gasteiger partial charge in [-0.25, -0.2) is 4.79 Å². The summed E-state index contributed by atoms with van der Waals surface area (Å²) in [6.45, 7) is 5.03. The molecule has 0 amide bonds. The van der Waals surface area contributed by atoms with Gasteiger partial charge >= 0.3 is 11.7 Å². The Bertz CT molecular complexity index is 794. The zero-order valence-corrected chi connectivity index (χ0v) is 15.1. The number of aliphatic hydroxyl groups is 1. The second-order valence-electron chi connectivity index (χ2n) is 6.74. The van der Waals surface area contributed by atoms with Gasteiger partial charge in [0, 0.05) is 6.20 Å². The van der Waals surface area contributed by atoms with Crippen molar-refractivity contribution >= 4 is 5.97 Å². The van der Waals surface area contributed by atoms with Gasteiger partial charge in [0.25, 0.3) is 5.56 Å². The Kier molecular flexibility index (Phi) is 7.76. The van der Waals surface area contributed by atoms with Gasteiger partial charge in [-0.1, -0.05) is 11.8 Å². The number of aliphatic carboxylic acids is 1. The number of ether oxygens (including phenoxy) is 1. The molecule has 26 heavy (non-hydrogen) atoms. The zero-order chi connectivity index (χ0) is 19.9. The maximum atomic E-state index is 11.7. The monoisotopic (exact) mass is 367 g/mol. The van der Waals surface area contributed by atoms with Gasteiger partial charge < -0.3 is 20.7 Å². The number of carbonyl (C=O) groups is 1. The lowest BCUT2D eigenvalue weighted by Crippen LogP contribution is -2.33. The number of hydrogen-bond donors (Lipinski definition) is 4. The minimum atomic E-state index is -0.757. The van der Waals surface area contributed by atoms with E-state index in [1.54, 1.807) is 20.8 Å². The number of hydrogen-bond acceptors (Lipinski definition) is 6. The highest BCUT2D eigenvalue weighted by atomic mass is 16.5. The molecule has 9 nitrogen and oxygen atoms in total. The van der Waals surface area contributed by atoms with E-state index in [2.05, 4.69) is 16.8 Å². The number of aromatic amines is 1. The van der Waals surface area contributed by atoms with Crippen LogP contribution < -0.4 is 17.0 Å². The molecule has 2 heterocycles. The first-order valence-electron chi connectivity index (χ1n) is 8.14. The van der Waals surface area contributed by atoms with Gasteiger partial charge in [0.05, 0.1) is 24.7 Å². The highest BCUT2D eigenvalue weighted by Gasteiger charge is 2.27. The summed E-state index contributed by atoms with van der Waals surface area (Å²) < 4.78 is 6.78. The molecule has 0 aromatic carbocycles. The highest BCUT2D eigenvalue weighted by Crippen LogP contribution is 2.26. The van der Waals surface area contributed by atoms with Crippen LogP contribution in [-0.4, -0.2) is 45.0 Å². The molecule has 1 aliphatic rings. The van der Waals surface area contributed by atoms with Crippen LogP contribution >= 0.6 is 0 Å². The molecule has 1 aliphatic heterocycles. The molecule has 9 heteroatoms. The number of aromatic nitrogens is 2. The van der Waals surface area contributed by atoms with Crippen molar-refractivity contribution in [1.82, 2.24) is 9.55 Å². The fraction of sp³-hybridized carbons (Fsp3) is 0.588. The molecule has 2 rings (SSSR count). The largest absolute Gasteiger partial charge is 0.481 e. The Morgan fingerprint density at radius 3 is 2.50 bits per heavy atom. The maximum absolute atomic E-state index is 11.7. The van der Waals surface area contributed by atoms with Gasteiger partial charge in [-0.05, 0) is 33.6 Å². The lowest BCUT2D eigenvalue weighted by molar-refractivity contribution is -0.145. The second-order valence-corrected chi connectivity index (χ2v) is 6.74. The highest BCUT2D eigenvalue weighted by molar-refractivity contribution is 5.72. The van der Waals surface area contributed by atoms with E-state index in [0.29, 0.717) is 12.8 Å². The third kappa shape index (κ3) is 6.15. The van der Waals surface area contributed by atoms with Crippen molar-refractivity contribution in [2.45, 2.75) is 45.9 Å².